The van der Waals surface area contributed by atoms with E-state index in [9.17, 15) is 23.3 Å². The van der Waals surface area contributed by atoms with Crippen LogP contribution in [-0.2, 0) is 0 Å². The molecular formula is C13H7BrF3NO3. The Balaban J connectivity index is 2.60. The fourth-order valence-electron chi connectivity index (χ4n) is 1.79. The standard InChI is InChI=1S/C13H7BrF3NO3/c14-8-5-6-9(11(7-8)18(19)20)10-3-1-2-4-12(10)21-13(15,16)17/h1-7H. The molecule has 0 aromatic heterocycles. The van der Waals surface area contributed by atoms with Gasteiger partial charge in [0.1, 0.15) is 5.75 Å². The van der Waals surface area contributed by atoms with Gasteiger partial charge in [-0.15, -0.1) is 13.2 Å². The van der Waals surface area contributed by atoms with Gasteiger partial charge in [0.15, 0.2) is 0 Å². The van der Waals surface area contributed by atoms with Gasteiger partial charge in [-0.2, -0.15) is 0 Å². The second-order valence-corrected chi connectivity index (χ2v) is 4.88. The smallest absolute Gasteiger partial charge is 0.405 e. The number of nitro benzene ring substituents is 1. The average Bonchev–Trinajstić information content (AvgIpc) is 2.37. The SMILES string of the molecule is O=[N+]([O-])c1cc(Br)ccc1-c1ccccc1OC(F)(F)F. The number of nitrogens with zero attached hydrogens (tertiary/aromatic N) is 1. The van der Waals surface area contributed by atoms with Gasteiger partial charge in [-0.05, 0) is 18.2 Å². The first-order valence-corrected chi connectivity index (χ1v) is 6.36. The molecule has 0 unspecified atom stereocenters. The minimum absolute atomic E-state index is 0.00553. The van der Waals surface area contributed by atoms with Crippen molar-refractivity contribution in [3.63, 3.8) is 0 Å². The zero-order valence-electron chi connectivity index (χ0n) is 10.2. The zero-order chi connectivity index (χ0) is 15.6. The Hall–Kier alpha value is -2.09. The molecule has 0 aliphatic heterocycles. The van der Waals surface area contributed by atoms with Crippen LogP contribution >= 0.6 is 15.9 Å². The number of halogens is 4. The number of ether oxygens (including phenoxy) is 1. The molecule has 110 valence electrons. The Morgan fingerprint density at radius 3 is 2.38 bits per heavy atom. The Kier molecular flexibility index (Phi) is 4.17. The van der Waals surface area contributed by atoms with Crippen LogP contribution in [0.15, 0.2) is 46.9 Å². The van der Waals surface area contributed by atoms with E-state index in [1.54, 1.807) is 0 Å². The predicted molar refractivity (Wildman–Crippen MR) is 72.9 cm³/mol. The molecular weight excluding hydrogens is 355 g/mol. The summed E-state index contributed by atoms with van der Waals surface area (Å²) < 4.78 is 41.6. The van der Waals surface area contributed by atoms with E-state index in [2.05, 4.69) is 20.7 Å². The topological polar surface area (TPSA) is 52.4 Å². The Labute approximate surface area is 125 Å². The largest absolute Gasteiger partial charge is 0.573 e. The summed E-state index contributed by atoms with van der Waals surface area (Å²) >= 11 is 3.09. The number of rotatable bonds is 3. The minimum atomic E-state index is -4.87. The van der Waals surface area contributed by atoms with Crippen LogP contribution in [0.1, 0.15) is 0 Å². The molecule has 0 heterocycles. The van der Waals surface area contributed by atoms with E-state index in [0.717, 1.165) is 6.07 Å². The van der Waals surface area contributed by atoms with Crippen LogP contribution < -0.4 is 4.74 Å². The van der Waals surface area contributed by atoms with Crippen molar-refractivity contribution >= 4 is 21.6 Å². The quantitative estimate of drug-likeness (QED) is 0.575. The molecule has 0 atom stereocenters. The summed E-state index contributed by atoms with van der Waals surface area (Å²) in [5.74, 6) is -0.490. The van der Waals surface area contributed by atoms with Crippen molar-refractivity contribution in [2.45, 2.75) is 6.36 Å². The van der Waals surface area contributed by atoms with Gasteiger partial charge in [0.2, 0.25) is 0 Å². The van der Waals surface area contributed by atoms with Crippen molar-refractivity contribution in [2.75, 3.05) is 0 Å². The van der Waals surface area contributed by atoms with Crippen molar-refractivity contribution < 1.29 is 22.8 Å². The van der Waals surface area contributed by atoms with E-state index in [0.29, 0.717) is 4.47 Å². The second kappa shape index (κ2) is 5.72. The third kappa shape index (κ3) is 3.72. The summed E-state index contributed by atoms with van der Waals surface area (Å²) in [6.07, 6.45) is -4.87. The highest BCUT2D eigenvalue weighted by molar-refractivity contribution is 9.10. The molecule has 4 nitrogen and oxygen atoms in total. The molecule has 0 N–H and O–H groups in total. The van der Waals surface area contributed by atoms with E-state index in [-0.39, 0.29) is 16.8 Å². The Morgan fingerprint density at radius 1 is 1.10 bits per heavy atom. The van der Waals surface area contributed by atoms with Crippen molar-refractivity contribution in [1.29, 1.82) is 0 Å². The van der Waals surface area contributed by atoms with E-state index >= 15 is 0 Å². The normalized spacial score (nSPS) is 11.2. The van der Waals surface area contributed by atoms with Crippen molar-refractivity contribution in [2.24, 2.45) is 0 Å². The van der Waals surface area contributed by atoms with Gasteiger partial charge < -0.3 is 4.74 Å². The summed E-state index contributed by atoms with van der Waals surface area (Å²) in [5, 5.41) is 11.1. The monoisotopic (exact) mass is 361 g/mol. The van der Waals surface area contributed by atoms with Crippen LogP contribution in [0.2, 0.25) is 0 Å². The lowest BCUT2D eigenvalue weighted by Gasteiger charge is -2.13. The lowest BCUT2D eigenvalue weighted by atomic mass is 10.0. The van der Waals surface area contributed by atoms with E-state index in [4.69, 9.17) is 0 Å². The van der Waals surface area contributed by atoms with Crippen LogP contribution in [0.4, 0.5) is 18.9 Å². The highest BCUT2D eigenvalue weighted by Gasteiger charge is 2.32. The molecule has 0 amide bonds. The molecule has 0 saturated carbocycles. The predicted octanol–water partition coefficient (Wildman–Crippen LogP) is 4.92. The van der Waals surface area contributed by atoms with Gasteiger partial charge in [0.25, 0.3) is 5.69 Å². The molecule has 0 spiro atoms. The van der Waals surface area contributed by atoms with Crippen molar-refractivity contribution in [3.05, 3.63) is 57.1 Å². The van der Waals surface area contributed by atoms with Crippen molar-refractivity contribution in [3.8, 4) is 16.9 Å². The average molecular weight is 362 g/mol. The lowest BCUT2D eigenvalue weighted by Crippen LogP contribution is -2.17. The Morgan fingerprint density at radius 2 is 1.76 bits per heavy atom. The first-order chi connectivity index (χ1) is 9.78. The molecule has 0 fully saturated rings. The molecule has 2 rings (SSSR count). The third-order valence-electron chi connectivity index (χ3n) is 2.56. The molecule has 0 saturated heterocycles. The van der Waals surface area contributed by atoms with Crippen LogP contribution in [-0.4, -0.2) is 11.3 Å². The van der Waals surface area contributed by atoms with Gasteiger partial charge in [-0.3, -0.25) is 10.1 Å². The van der Waals surface area contributed by atoms with Gasteiger partial charge in [0.05, 0.1) is 10.5 Å². The zero-order valence-corrected chi connectivity index (χ0v) is 11.8. The van der Waals surface area contributed by atoms with Crippen molar-refractivity contribution in [1.82, 2.24) is 0 Å². The first kappa shape index (κ1) is 15.3. The molecule has 0 bridgehead atoms. The summed E-state index contributed by atoms with van der Waals surface area (Å²) in [7, 11) is 0. The maximum atomic E-state index is 12.4. The number of benzene rings is 2. The lowest BCUT2D eigenvalue weighted by molar-refractivity contribution is -0.384. The number of hydrogen-bond donors (Lipinski definition) is 0. The van der Waals surface area contributed by atoms with Gasteiger partial charge in [0, 0.05) is 16.1 Å². The minimum Gasteiger partial charge on any atom is -0.405 e. The number of hydrogen-bond acceptors (Lipinski definition) is 3. The number of alkyl halides is 3. The van der Waals surface area contributed by atoms with Gasteiger partial charge >= 0.3 is 6.36 Å². The first-order valence-electron chi connectivity index (χ1n) is 5.57. The summed E-state index contributed by atoms with van der Waals surface area (Å²) in [5.41, 5.74) is -0.278. The molecule has 8 heteroatoms. The molecule has 0 aliphatic carbocycles. The molecule has 0 radical (unpaired) electrons. The van der Waals surface area contributed by atoms with Crippen LogP contribution in [0, 0.1) is 10.1 Å². The fourth-order valence-corrected chi connectivity index (χ4v) is 2.14. The number of para-hydroxylation sites is 1. The summed E-state index contributed by atoms with van der Waals surface area (Å²) in [6, 6.07) is 9.36. The molecule has 21 heavy (non-hydrogen) atoms. The maximum absolute atomic E-state index is 12.4. The Bertz CT molecular complexity index is 689. The van der Waals surface area contributed by atoms with Gasteiger partial charge in [-0.25, -0.2) is 0 Å². The van der Waals surface area contributed by atoms with Crippen LogP contribution in [0.25, 0.3) is 11.1 Å². The molecule has 2 aromatic carbocycles. The third-order valence-corrected chi connectivity index (χ3v) is 3.05. The maximum Gasteiger partial charge on any atom is 0.573 e. The fraction of sp³-hybridized carbons (Fsp3) is 0.0769. The van der Waals surface area contributed by atoms with Gasteiger partial charge in [-0.1, -0.05) is 34.1 Å². The van der Waals surface area contributed by atoms with E-state index < -0.39 is 17.0 Å². The summed E-state index contributed by atoms with van der Waals surface area (Å²) in [4.78, 5) is 10.4. The van der Waals surface area contributed by atoms with Crippen LogP contribution in [0.5, 0.6) is 5.75 Å². The highest BCUT2D eigenvalue weighted by atomic mass is 79.9. The number of nitro groups is 1. The summed E-state index contributed by atoms with van der Waals surface area (Å²) in [6.45, 7) is 0. The van der Waals surface area contributed by atoms with E-state index in [1.807, 2.05) is 0 Å². The second-order valence-electron chi connectivity index (χ2n) is 3.96. The molecule has 0 aliphatic rings. The van der Waals surface area contributed by atoms with E-state index in [1.165, 1.54) is 36.4 Å². The molecule has 2 aromatic rings. The van der Waals surface area contributed by atoms with Crippen LogP contribution in [0.3, 0.4) is 0 Å². The highest BCUT2D eigenvalue weighted by Crippen LogP contribution is 2.39.